The zero-order valence-corrected chi connectivity index (χ0v) is 9.89. The van der Waals surface area contributed by atoms with Gasteiger partial charge in [0.1, 0.15) is 11.3 Å². The molecule has 6 heteroatoms. The molecule has 0 unspecified atom stereocenters. The lowest BCUT2D eigenvalue weighted by Crippen LogP contribution is -3.00. The van der Waals surface area contributed by atoms with Crippen molar-refractivity contribution in [2.24, 2.45) is 0 Å². The molecule has 17 heavy (non-hydrogen) atoms. The zero-order chi connectivity index (χ0) is 13.4. The van der Waals surface area contributed by atoms with Crippen LogP contribution in [0.5, 0.6) is 5.75 Å². The summed E-state index contributed by atoms with van der Waals surface area (Å²) in [5.41, 5.74) is -0.0160. The fourth-order valence-electron chi connectivity index (χ4n) is 0.887. The van der Waals surface area contributed by atoms with Crippen LogP contribution in [-0.4, -0.2) is 31.1 Å². The van der Waals surface area contributed by atoms with Crippen molar-refractivity contribution in [2.45, 2.75) is 6.92 Å². The molecule has 0 aliphatic rings. The van der Waals surface area contributed by atoms with Crippen molar-refractivity contribution in [3.63, 3.8) is 0 Å². The summed E-state index contributed by atoms with van der Waals surface area (Å²) >= 11 is 0. The number of carboxylic acid groups (broad SMARTS) is 1. The Labute approximate surface area is 99.0 Å². The van der Waals surface area contributed by atoms with E-state index in [9.17, 15) is 14.8 Å². The Morgan fingerprint density at radius 3 is 2.18 bits per heavy atom. The maximum Gasteiger partial charge on any atom is 0.339 e. The molecule has 0 atom stereocenters. The predicted octanol–water partition coefficient (Wildman–Crippen LogP) is -0.0612. The van der Waals surface area contributed by atoms with E-state index in [0.29, 0.717) is 0 Å². The zero-order valence-electron chi connectivity index (χ0n) is 9.89. The number of para-hydroxylation sites is 1. The van der Waals surface area contributed by atoms with Gasteiger partial charge in [0.2, 0.25) is 0 Å². The molecule has 0 saturated heterocycles. The Bertz CT molecular complexity index is 386. The summed E-state index contributed by atoms with van der Waals surface area (Å²) in [6.07, 6.45) is 0. The van der Waals surface area contributed by atoms with Gasteiger partial charge in [0, 0.05) is 6.92 Å². The summed E-state index contributed by atoms with van der Waals surface area (Å²) in [7, 11) is 3.06. The standard InChI is InChI=1S/C9H8O4.C2H7NO/c1-6(10)13-8-5-3-2-4-7(8)9(11)12;1-3(2)4/h2-5H,1H3,(H,11,12);3H,1-2H3. The maximum atomic E-state index is 10.6. The number of hydrogen-bond donors (Lipinski definition) is 2. The van der Waals surface area contributed by atoms with Gasteiger partial charge in [0.15, 0.2) is 0 Å². The fourth-order valence-corrected chi connectivity index (χ4v) is 0.887. The average Bonchev–Trinajstić information content (AvgIpc) is 2.16. The number of rotatable bonds is 2. The van der Waals surface area contributed by atoms with Crippen LogP contribution in [0.4, 0.5) is 0 Å². The highest BCUT2D eigenvalue weighted by molar-refractivity contribution is 5.91. The van der Waals surface area contributed by atoms with E-state index in [1.54, 1.807) is 12.1 Å². The van der Waals surface area contributed by atoms with Crippen molar-refractivity contribution in [1.82, 2.24) is 0 Å². The first-order chi connectivity index (χ1) is 7.84. The van der Waals surface area contributed by atoms with Crippen molar-refractivity contribution < 1.29 is 24.5 Å². The molecular weight excluding hydrogens is 226 g/mol. The van der Waals surface area contributed by atoms with Gasteiger partial charge in [-0.15, -0.1) is 0 Å². The molecule has 6 nitrogen and oxygen atoms in total. The van der Waals surface area contributed by atoms with Crippen LogP contribution in [0.3, 0.4) is 0 Å². The largest absolute Gasteiger partial charge is 0.635 e. The van der Waals surface area contributed by atoms with E-state index < -0.39 is 11.9 Å². The third-order valence-electron chi connectivity index (χ3n) is 1.37. The molecule has 94 valence electrons. The van der Waals surface area contributed by atoms with Crippen LogP contribution in [-0.2, 0) is 4.79 Å². The highest BCUT2D eigenvalue weighted by Gasteiger charge is 2.10. The lowest BCUT2D eigenvalue weighted by atomic mass is 10.2. The summed E-state index contributed by atoms with van der Waals surface area (Å²) in [6.45, 7) is 1.22. The first kappa shape index (κ1) is 15.1. The second kappa shape index (κ2) is 7.37. The lowest BCUT2D eigenvalue weighted by molar-refractivity contribution is -0.802. The second-order valence-electron chi connectivity index (χ2n) is 3.30. The number of carboxylic acids is 1. The summed E-state index contributed by atoms with van der Waals surface area (Å²) in [4.78, 5) is 21.2. The first-order valence-electron chi connectivity index (χ1n) is 4.82. The number of aromatic carboxylic acids is 1. The molecule has 2 N–H and O–H groups in total. The number of hydroxylamine groups is 2. The van der Waals surface area contributed by atoms with Crippen molar-refractivity contribution in [3.8, 4) is 5.75 Å². The average molecular weight is 241 g/mol. The van der Waals surface area contributed by atoms with Gasteiger partial charge >= 0.3 is 11.9 Å². The van der Waals surface area contributed by atoms with E-state index >= 15 is 0 Å². The molecule has 0 amide bonds. The van der Waals surface area contributed by atoms with Gasteiger partial charge in [-0.3, -0.25) is 4.79 Å². The van der Waals surface area contributed by atoms with Crippen LogP contribution < -0.4 is 9.80 Å². The molecule has 0 bridgehead atoms. The van der Waals surface area contributed by atoms with Crippen molar-refractivity contribution in [1.29, 1.82) is 0 Å². The number of ether oxygens (including phenoxy) is 1. The molecule has 0 saturated carbocycles. The molecule has 0 heterocycles. The van der Waals surface area contributed by atoms with Gasteiger partial charge in [-0.05, 0) is 12.1 Å². The highest BCUT2D eigenvalue weighted by atomic mass is 16.5. The first-order valence-corrected chi connectivity index (χ1v) is 4.82. The highest BCUT2D eigenvalue weighted by Crippen LogP contribution is 2.17. The number of carbonyl (C=O) groups excluding carboxylic acids is 1. The van der Waals surface area contributed by atoms with Crippen molar-refractivity contribution in [3.05, 3.63) is 35.0 Å². The van der Waals surface area contributed by atoms with Crippen LogP contribution in [0.2, 0.25) is 0 Å². The van der Waals surface area contributed by atoms with Crippen LogP contribution in [0.25, 0.3) is 0 Å². The summed E-state index contributed by atoms with van der Waals surface area (Å²) in [6, 6.07) is 5.98. The Morgan fingerprint density at radius 1 is 1.29 bits per heavy atom. The summed E-state index contributed by atoms with van der Waals surface area (Å²) < 4.78 is 4.69. The Hall–Kier alpha value is -1.92. The summed E-state index contributed by atoms with van der Waals surface area (Å²) in [5.74, 6) is -1.58. The quantitative estimate of drug-likeness (QED) is 0.430. The molecule has 1 aromatic rings. The third-order valence-corrected chi connectivity index (χ3v) is 1.37. The number of benzene rings is 1. The smallest absolute Gasteiger partial charge is 0.339 e. The van der Waals surface area contributed by atoms with Crippen LogP contribution >= 0.6 is 0 Å². The van der Waals surface area contributed by atoms with E-state index in [2.05, 4.69) is 4.74 Å². The van der Waals surface area contributed by atoms with Gasteiger partial charge in [-0.1, -0.05) is 12.1 Å². The Kier molecular flexibility index (Phi) is 6.54. The minimum absolute atomic E-state index is 0.0160. The molecule has 1 aromatic carbocycles. The number of quaternary nitrogens is 1. The molecule has 0 aliphatic heterocycles. The molecule has 0 spiro atoms. The SMILES string of the molecule is CC(=O)Oc1ccccc1C(=O)O.C[NH+](C)[O-]. The van der Waals surface area contributed by atoms with E-state index in [4.69, 9.17) is 5.11 Å². The van der Waals surface area contributed by atoms with Gasteiger partial charge < -0.3 is 20.1 Å². The van der Waals surface area contributed by atoms with Crippen LogP contribution in [0.1, 0.15) is 17.3 Å². The minimum Gasteiger partial charge on any atom is -0.635 e. The van der Waals surface area contributed by atoms with Gasteiger partial charge in [0.05, 0.1) is 14.1 Å². The lowest BCUT2D eigenvalue weighted by Gasteiger charge is -2.04. The number of esters is 1. The van der Waals surface area contributed by atoms with E-state index in [1.807, 2.05) is 0 Å². The van der Waals surface area contributed by atoms with Gasteiger partial charge in [-0.2, -0.15) is 0 Å². The molecule has 0 fully saturated rings. The van der Waals surface area contributed by atoms with Gasteiger partial charge in [-0.25, -0.2) is 4.79 Å². The van der Waals surface area contributed by atoms with Crippen LogP contribution in [0, 0.1) is 5.21 Å². The van der Waals surface area contributed by atoms with Crippen molar-refractivity contribution in [2.75, 3.05) is 14.1 Å². The number of nitrogens with one attached hydrogen (secondary N) is 1. The molecule has 1 rings (SSSR count). The van der Waals surface area contributed by atoms with E-state index in [-0.39, 0.29) is 16.4 Å². The normalized spacial score (nSPS) is 9.24. The van der Waals surface area contributed by atoms with Crippen LogP contribution in [0.15, 0.2) is 24.3 Å². The van der Waals surface area contributed by atoms with Gasteiger partial charge in [0.25, 0.3) is 0 Å². The number of hydrogen-bond acceptors (Lipinski definition) is 4. The Balaban J connectivity index is 0.000000557. The fraction of sp³-hybridized carbons (Fsp3) is 0.273. The summed E-state index contributed by atoms with van der Waals surface area (Å²) in [5, 5.41) is 18.3. The molecule has 0 aromatic heterocycles. The van der Waals surface area contributed by atoms with Crippen molar-refractivity contribution >= 4 is 11.9 Å². The monoisotopic (exact) mass is 241 g/mol. The Morgan fingerprint density at radius 2 is 1.76 bits per heavy atom. The maximum absolute atomic E-state index is 10.6. The second-order valence-corrected chi connectivity index (χ2v) is 3.30. The molecule has 0 aliphatic carbocycles. The minimum atomic E-state index is -1.11. The number of carbonyl (C=O) groups is 2. The third kappa shape index (κ3) is 7.04. The van der Waals surface area contributed by atoms with E-state index in [1.165, 1.54) is 33.2 Å². The topological polar surface area (TPSA) is 91.1 Å². The molecule has 0 radical (unpaired) electrons. The van der Waals surface area contributed by atoms with E-state index in [0.717, 1.165) is 0 Å². The molecular formula is C11H15NO5. The predicted molar refractivity (Wildman–Crippen MR) is 60.9 cm³/mol.